The molecule has 1 unspecified atom stereocenters. The molecule has 0 amide bonds. The van der Waals surface area contributed by atoms with Crippen molar-refractivity contribution in [1.82, 2.24) is 0 Å². The molecule has 0 spiro atoms. The second-order valence-electron chi connectivity index (χ2n) is 3.52. The molecule has 0 bridgehead atoms. The second kappa shape index (κ2) is 6.23. The molecular formula is C11H12ClNO3. The fourth-order valence-electron chi connectivity index (χ4n) is 1.37. The van der Waals surface area contributed by atoms with Crippen molar-refractivity contribution in [2.24, 2.45) is 5.18 Å². The van der Waals surface area contributed by atoms with Crippen LogP contribution in [0.25, 0.3) is 0 Å². The van der Waals surface area contributed by atoms with Crippen LogP contribution in [0.4, 0.5) is 0 Å². The zero-order chi connectivity index (χ0) is 12.0. The monoisotopic (exact) mass is 241 g/mol. The third-order valence-electron chi connectivity index (χ3n) is 2.23. The normalized spacial score (nSPS) is 12.1. The van der Waals surface area contributed by atoms with Crippen molar-refractivity contribution < 1.29 is 9.90 Å². The fraction of sp³-hybridized carbons (Fsp3) is 0.364. The molecule has 0 aliphatic heterocycles. The molecule has 0 aliphatic carbocycles. The van der Waals surface area contributed by atoms with Gasteiger partial charge in [0, 0.05) is 11.4 Å². The minimum Gasteiger partial charge on any atom is -0.481 e. The predicted molar refractivity (Wildman–Crippen MR) is 61.6 cm³/mol. The third kappa shape index (κ3) is 4.40. The Balaban J connectivity index is 2.52. The molecule has 5 heteroatoms. The highest BCUT2D eigenvalue weighted by molar-refractivity contribution is 6.30. The second-order valence-corrected chi connectivity index (χ2v) is 3.96. The first-order valence-corrected chi connectivity index (χ1v) is 5.28. The van der Waals surface area contributed by atoms with Gasteiger partial charge in [0.15, 0.2) is 0 Å². The van der Waals surface area contributed by atoms with Gasteiger partial charge >= 0.3 is 5.97 Å². The molecule has 1 N–H and O–H groups in total. The van der Waals surface area contributed by atoms with Crippen LogP contribution in [-0.4, -0.2) is 17.1 Å². The molecule has 86 valence electrons. The summed E-state index contributed by atoms with van der Waals surface area (Å²) in [5, 5.41) is 12.1. The van der Waals surface area contributed by atoms with E-state index in [4.69, 9.17) is 16.7 Å². The summed E-state index contributed by atoms with van der Waals surface area (Å²) >= 11 is 5.72. The first kappa shape index (κ1) is 12.6. The van der Waals surface area contributed by atoms with Gasteiger partial charge in [0.05, 0.1) is 6.04 Å². The number of hydrogen-bond donors (Lipinski definition) is 1. The molecule has 1 aromatic rings. The molecule has 1 atom stereocenters. The number of nitroso groups, excluding NO2 is 1. The summed E-state index contributed by atoms with van der Waals surface area (Å²) in [6, 6.07) is 6.59. The average Bonchev–Trinajstić information content (AvgIpc) is 2.26. The van der Waals surface area contributed by atoms with Gasteiger partial charge in [-0.1, -0.05) is 28.9 Å². The van der Waals surface area contributed by atoms with Crippen LogP contribution in [0.1, 0.15) is 18.4 Å². The standard InChI is InChI=1S/C11H12ClNO3/c12-9-3-1-8(2-4-9)7-10(13-16)5-6-11(14)15/h1-4,10H,5-7H2,(H,14,15). The van der Waals surface area contributed by atoms with Gasteiger partial charge in [0.2, 0.25) is 0 Å². The fourth-order valence-corrected chi connectivity index (χ4v) is 1.50. The lowest BCUT2D eigenvalue weighted by Gasteiger charge is -2.07. The van der Waals surface area contributed by atoms with Crippen LogP contribution in [0.2, 0.25) is 5.02 Å². The highest BCUT2D eigenvalue weighted by atomic mass is 35.5. The highest BCUT2D eigenvalue weighted by Crippen LogP contribution is 2.14. The predicted octanol–water partition coefficient (Wildman–Crippen LogP) is 2.88. The third-order valence-corrected chi connectivity index (χ3v) is 2.48. The number of aliphatic carboxylic acids is 1. The van der Waals surface area contributed by atoms with E-state index in [0.717, 1.165) is 5.56 Å². The maximum Gasteiger partial charge on any atom is 0.303 e. The van der Waals surface area contributed by atoms with Crippen molar-refractivity contribution in [3.05, 3.63) is 39.8 Å². The highest BCUT2D eigenvalue weighted by Gasteiger charge is 2.11. The van der Waals surface area contributed by atoms with E-state index in [0.29, 0.717) is 11.4 Å². The maximum absolute atomic E-state index is 10.5. The molecule has 16 heavy (non-hydrogen) atoms. The summed E-state index contributed by atoms with van der Waals surface area (Å²) in [5.41, 5.74) is 0.930. The smallest absolute Gasteiger partial charge is 0.303 e. The van der Waals surface area contributed by atoms with Crippen molar-refractivity contribution >= 4 is 17.6 Å². The Bertz CT molecular complexity index is 364. The van der Waals surface area contributed by atoms with E-state index in [2.05, 4.69) is 5.18 Å². The van der Waals surface area contributed by atoms with Gasteiger partial charge < -0.3 is 5.11 Å². The largest absolute Gasteiger partial charge is 0.481 e. The molecule has 0 heterocycles. The zero-order valence-corrected chi connectivity index (χ0v) is 9.35. The lowest BCUT2D eigenvalue weighted by Crippen LogP contribution is -2.10. The van der Waals surface area contributed by atoms with Crippen molar-refractivity contribution in [1.29, 1.82) is 0 Å². The number of halogens is 1. The number of benzene rings is 1. The van der Waals surface area contributed by atoms with Crippen LogP contribution in [0.5, 0.6) is 0 Å². The summed E-state index contributed by atoms with van der Waals surface area (Å²) in [6.07, 6.45) is 0.680. The first-order valence-electron chi connectivity index (χ1n) is 4.90. The quantitative estimate of drug-likeness (QED) is 0.779. The van der Waals surface area contributed by atoms with E-state index in [1.54, 1.807) is 24.3 Å². The maximum atomic E-state index is 10.5. The average molecular weight is 242 g/mol. The molecule has 0 saturated carbocycles. The Morgan fingerprint density at radius 2 is 2.00 bits per heavy atom. The van der Waals surface area contributed by atoms with E-state index < -0.39 is 12.0 Å². The van der Waals surface area contributed by atoms with Crippen molar-refractivity contribution in [2.45, 2.75) is 25.3 Å². The molecule has 1 aromatic carbocycles. The van der Waals surface area contributed by atoms with Crippen LogP contribution in [0.3, 0.4) is 0 Å². The Labute approximate surface area is 98.2 Å². The minimum atomic E-state index is -0.912. The van der Waals surface area contributed by atoms with Crippen LogP contribution in [0.15, 0.2) is 29.4 Å². The summed E-state index contributed by atoms with van der Waals surface area (Å²) in [7, 11) is 0. The zero-order valence-electron chi connectivity index (χ0n) is 8.60. The van der Waals surface area contributed by atoms with Crippen LogP contribution in [-0.2, 0) is 11.2 Å². The van der Waals surface area contributed by atoms with E-state index in [1.807, 2.05) is 0 Å². The number of rotatable bonds is 6. The number of carboxylic acids is 1. The lowest BCUT2D eigenvalue weighted by atomic mass is 10.0. The van der Waals surface area contributed by atoms with Gasteiger partial charge in [0.25, 0.3) is 0 Å². The van der Waals surface area contributed by atoms with Crippen molar-refractivity contribution in [2.75, 3.05) is 0 Å². The number of carboxylic acid groups (broad SMARTS) is 1. The number of hydrogen-bond acceptors (Lipinski definition) is 3. The first-order chi connectivity index (χ1) is 7.61. The van der Waals surface area contributed by atoms with E-state index in [1.165, 1.54) is 0 Å². The van der Waals surface area contributed by atoms with Crippen LogP contribution in [0, 0.1) is 4.91 Å². The van der Waals surface area contributed by atoms with Gasteiger partial charge in [-0.25, -0.2) is 0 Å². The number of nitrogens with zero attached hydrogens (tertiary/aromatic N) is 1. The number of carbonyl (C=O) groups is 1. The Kier molecular flexibility index (Phi) is 4.92. The van der Waals surface area contributed by atoms with Crippen LogP contribution >= 0.6 is 11.6 Å². The topological polar surface area (TPSA) is 66.7 Å². The minimum absolute atomic E-state index is 0.0377. The summed E-state index contributed by atoms with van der Waals surface area (Å²) in [6.45, 7) is 0. The summed E-state index contributed by atoms with van der Waals surface area (Å²) < 4.78 is 0. The molecule has 0 fully saturated rings. The van der Waals surface area contributed by atoms with E-state index in [-0.39, 0.29) is 12.8 Å². The Hall–Kier alpha value is -1.42. The molecule has 0 radical (unpaired) electrons. The Morgan fingerprint density at radius 3 is 2.50 bits per heavy atom. The van der Waals surface area contributed by atoms with Crippen molar-refractivity contribution in [3.8, 4) is 0 Å². The summed E-state index contributed by atoms with van der Waals surface area (Å²) in [4.78, 5) is 20.9. The van der Waals surface area contributed by atoms with Gasteiger partial charge in [-0.15, -0.1) is 0 Å². The lowest BCUT2D eigenvalue weighted by molar-refractivity contribution is -0.137. The molecule has 0 aliphatic rings. The van der Waals surface area contributed by atoms with Crippen molar-refractivity contribution in [3.63, 3.8) is 0 Å². The van der Waals surface area contributed by atoms with Gasteiger partial charge in [-0.2, -0.15) is 4.91 Å². The van der Waals surface area contributed by atoms with Gasteiger partial charge in [-0.3, -0.25) is 4.79 Å². The molecule has 4 nitrogen and oxygen atoms in total. The van der Waals surface area contributed by atoms with Gasteiger partial charge in [-0.05, 0) is 30.5 Å². The van der Waals surface area contributed by atoms with Gasteiger partial charge in [0.1, 0.15) is 0 Å². The molecule has 1 rings (SSSR count). The van der Waals surface area contributed by atoms with Crippen LogP contribution < -0.4 is 0 Å². The SMILES string of the molecule is O=NC(CCC(=O)O)Cc1ccc(Cl)cc1. The van der Waals surface area contributed by atoms with E-state index in [9.17, 15) is 9.70 Å². The molecule has 0 aromatic heterocycles. The molecular weight excluding hydrogens is 230 g/mol. The summed E-state index contributed by atoms with van der Waals surface area (Å²) in [5.74, 6) is -0.912. The molecule has 0 saturated heterocycles. The Morgan fingerprint density at radius 1 is 1.38 bits per heavy atom. The van der Waals surface area contributed by atoms with E-state index >= 15 is 0 Å².